The maximum atomic E-state index is 14.4. The Kier molecular flexibility index (Phi) is 5.41. The third-order valence-electron chi connectivity index (χ3n) is 3.00. The Labute approximate surface area is 152 Å². The zero-order chi connectivity index (χ0) is 18.8. The summed E-state index contributed by atoms with van der Waals surface area (Å²) in [6, 6.07) is 5.50. The van der Waals surface area contributed by atoms with Gasteiger partial charge in [0.05, 0.1) is 0 Å². The monoisotopic (exact) mass is 414 g/mol. The van der Waals surface area contributed by atoms with Gasteiger partial charge in [-0.1, -0.05) is 39.8 Å². The third kappa shape index (κ3) is 4.94. The zero-order valence-corrected chi connectivity index (χ0v) is 15.6. The summed E-state index contributed by atoms with van der Waals surface area (Å²) in [5.41, 5.74) is -0.914. The number of halogens is 3. The van der Waals surface area contributed by atoms with E-state index in [0.29, 0.717) is 4.47 Å². The number of carbonyl (C=O) groups is 1. The van der Waals surface area contributed by atoms with Gasteiger partial charge in [0.1, 0.15) is 5.60 Å². The number of ether oxygens (including phenoxy) is 1. The minimum absolute atomic E-state index is 0.0502. The summed E-state index contributed by atoms with van der Waals surface area (Å²) in [4.78, 5) is 15.6. The quantitative estimate of drug-likeness (QED) is 0.535. The lowest BCUT2D eigenvalue weighted by atomic mass is 10.1. The molecular formula is C17H17BrF2N2O3. The first kappa shape index (κ1) is 19.2. The van der Waals surface area contributed by atoms with Crippen molar-refractivity contribution in [3.05, 3.63) is 58.2 Å². The van der Waals surface area contributed by atoms with Crippen LogP contribution in [0.4, 0.5) is 8.78 Å². The second-order valence-corrected chi connectivity index (χ2v) is 7.29. The van der Waals surface area contributed by atoms with E-state index in [-0.39, 0.29) is 23.4 Å². The highest BCUT2D eigenvalue weighted by Gasteiger charge is 2.40. The van der Waals surface area contributed by atoms with E-state index in [1.807, 2.05) is 0 Å². The van der Waals surface area contributed by atoms with E-state index in [9.17, 15) is 13.6 Å². The van der Waals surface area contributed by atoms with Crippen molar-refractivity contribution in [2.24, 2.45) is 0 Å². The van der Waals surface area contributed by atoms with Crippen molar-refractivity contribution in [1.82, 2.24) is 10.1 Å². The molecule has 0 aliphatic carbocycles. The molecule has 1 heterocycles. The molecule has 0 unspecified atom stereocenters. The summed E-state index contributed by atoms with van der Waals surface area (Å²) in [6.45, 7) is 8.72. The molecule has 0 radical (unpaired) electrons. The molecule has 0 saturated carbocycles. The summed E-state index contributed by atoms with van der Waals surface area (Å²) in [6.07, 6.45) is -0.144. The number of alkyl halides is 2. The van der Waals surface area contributed by atoms with Crippen molar-refractivity contribution >= 4 is 21.9 Å². The summed E-state index contributed by atoms with van der Waals surface area (Å²) in [7, 11) is 0. The molecule has 0 aliphatic rings. The molecule has 2 rings (SSSR count). The lowest BCUT2D eigenvalue weighted by Gasteiger charge is -2.19. The lowest BCUT2D eigenvalue weighted by Crippen LogP contribution is -2.25. The summed E-state index contributed by atoms with van der Waals surface area (Å²) in [5.74, 6) is -5.00. The molecule has 0 fully saturated rings. The molecule has 0 bridgehead atoms. The topological polar surface area (TPSA) is 65.2 Å². The molecule has 0 N–H and O–H groups in total. The molecule has 5 nitrogen and oxygen atoms in total. The highest BCUT2D eigenvalue weighted by molar-refractivity contribution is 9.10. The van der Waals surface area contributed by atoms with Crippen molar-refractivity contribution < 1.29 is 22.8 Å². The lowest BCUT2D eigenvalue weighted by molar-refractivity contribution is -0.149. The van der Waals surface area contributed by atoms with Gasteiger partial charge in [0, 0.05) is 22.0 Å². The Hall–Kier alpha value is -2.09. The molecule has 1 aromatic heterocycles. The molecule has 0 spiro atoms. The van der Waals surface area contributed by atoms with E-state index in [4.69, 9.17) is 4.74 Å². The van der Waals surface area contributed by atoms with Crippen LogP contribution in [0.15, 0.2) is 45.4 Å². The van der Waals surface area contributed by atoms with E-state index >= 15 is 0 Å². The summed E-state index contributed by atoms with van der Waals surface area (Å²) >= 11 is 3.18. The first-order valence-electron chi connectivity index (χ1n) is 7.37. The Bertz CT molecular complexity index is 780. The van der Waals surface area contributed by atoms with Crippen LogP contribution < -0.4 is 0 Å². The highest BCUT2D eigenvalue weighted by Crippen LogP contribution is 2.35. The molecule has 25 heavy (non-hydrogen) atoms. The number of esters is 1. The largest absolute Gasteiger partial charge is 0.457 e. The van der Waals surface area contributed by atoms with Crippen molar-refractivity contribution in [2.75, 3.05) is 0 Å². The fourth-order valence-electron chi connectivity index (χ4n) is 1.85. The predicted octanol–water partition coefficient (Wildman–Crippen LogP) is 4.41. The van der Waals surface area contributed by atoms with Crippen LogP contribution in [0.1, 0.15) is 38.0 Å². The first-order chi connectivity index (χ1) is 11.5. The van der Waals surface area contributed by atoms with Crippen LogP contribution in [-0.2, 0) is 21.9 Å². The van der Waals surface area contributed by atoms with Crippen molar-refractivity contribution in [1.29, 1.82) is 0 Å². The van der Waals surface area contributed by atoms with Crippen LogP contribution in [0.5, 0.6) is 0 Å². The number of carbonyl (C=O) groups excluding carboxylic acids is 1. The molecule has 0 amide bonds. The van der Waals surface area contributed by atoms with E-state index < -0.39 is 23.4 Å². The number of hydrogen-bond acceptors (Lipinski definition) is 5. The van der Waals surface area contributed by atoms with Crippen molar-refractivity contribution in [2.45, 2.75) is 38.7 Å². The molecule has 1 aromatic carbocycles. The minimum atomic E-state index is -3.45. The van der Waals surface area contributed by atoms with Crippen molar-refractivity contribution in [3.8, 4) is 0 Å². The second-order valence-electron chi connectivity index (χ2n) is 6.38. The van der Waals surface area contributed by atoms with Crippen LogP contribution >= 0.6 is 15.9 Å². The molecule has 0 aliphatic heterocycles. The smallest absolute Gasteiger partial charge is 0.350 e. The third-order valence-corrected chi connectivity index (χ3v) is 3.53. The van der Waals surface area contributed by atoms with Gasteiger partial charge in [-0.05, 0) is 32.9 Å². The van der Waals surface area contributed by atoms with Crippen LogP contribution in [0.2, 0.25) is 0 Å². The van der Waals surface area contributed by atoms with Gasteiger partial charge in [-0.15, -0.1) is 0 Å². The summed E-state index contributed by atoms with van der Waals surface area (Å²) < 4.78 is 39.4. The first-order valence-corrected chi connectivity index (χ1v) is 8.16. The van der Waals surface area contributed by atoms with Gasteiger partial charge in [-0.3, -0.25) is 0 Å². The number of rotatable bonds is 5. The maximum absolute atomic E-state index is 14.4. The second kappa shape index (κ2) is 7.03. The van der Waals surface area contributed by atoms with Gasteiger partial charge < -0.3 is 9.26 Å². The van der Waals surface area contributed by atoms with E-state index in [2.05, 4.69) is 37.2 Å². The van der Waals surface area contributed by atoms with Gasteiger partial charge in [-0.25, -0.2) is 4.79 Å². The van der Waals surface area contributed by atoms with Gasteiger partial charge in [0.2, 0.25) is 0 Å². The number of aromatic nitrogens is 2. The normalized spacial score (nSPS) is 12.1. The number of nitrogens with zero attached hydrogens (tertiary/aromatic N) is 2. The molecule has 0 saturated heterocycles. The zero-order valence-electron chi connectivity index (χ0n) is 14.0. The Morgan fingerprint density at radius 1 is 1.28 bits per heavy atom. The molecule has 0 atom stereocenters. The maximum Gasteiger partial charge on any atom is 0.350 e. The van der Waals surface area contributed by atoms with E-state index in [1.54, 1.807) is 20.8 Å². The molecule has 8 heteroatoms. The van der Waals surface area contributed by atoms with E-state index in [1.165, 1.54) is 24.3 Å². The van der Waals surface area contributed by atoms with Gasteiger partial charge in [-0.2, -0.15) is 13.8 Å². The highest BCUT2D eigenvalue weighted by atomic mass is 79.9. The average molecular weight is 415 g/mol. The SMILES string of the molecule is C=C(Cc1noc(C(F)(F)c2ccc(Br)cc2)n1)C(=O)OC(C)(C)C. The van der Waals surface area contributed by atoms with E-state index in [0.717, 1.165) is 0 Å². The van der Waals surface area contributed by atoms with Crippen LogP contribution in [-0.4, -0.2) is 21.7 Å². The average Bonchev–Trinajstić information content (AvgIpc) is 2.95. The fourth-order valence-corrected chi connectivity index (χ4v) is 2.11. The van der Waals surface area contributed by atoms with Crippen LogP contribution in [0.25, 0.3) is 0 Å². The summed E-state index contributed by atoms with van der Waals surface area (Å²) in [5, 5.41) is 3.50. The predicted molar refractivity (Wildman–Crippen MR) is 90.1 cm³/mol. The van der Waals surface area contributed by atoms with Crippen LogP contribution in [0.3, 0.4) is 0 Å². The fraction of sp³-hybridized carbons (Fsp3) is 0.353. The molecule has 134 valence electrons. The van der Waals surface area contributed by atoms with Gasteiger partial charge in [0.25, 0.3) is 0 Å². The Balaban J connectivity index is 2.12. The number of benzene rings is 1. The van der Waals surface area contributed by atoms with Gasteiger partial charge in [0.15, 0.2) is 5.82 Å². The van der Waals surface area contributed by atoms with Gasteiger partial charge >= 0.3 is 17.8 Å². The Morgan fingerprint density at radius 2 is 1.88 bits per heavy atom. The standard InChI is InChI=1S/C17H17BrF2N2O3/c1-10(14(23)24-16(2,3)4)9-13-21-15(25-22-13)17(19,20)11-5-7-12(18)8-6-11/h5-8H,1,9H2,2-4H3. The number of hydrogen-bond donors (Lipinski definition) is 0. The molecule has 2 aromatic rings. The molecular weight excluding hydrogens is 398 g/mol. The van der Waals surface area contributed by atoms with Crippen molar-refractivity contribution in [3.63, 3.8) is 0 Å². The van der Waals surface area contributed by atoms with Crippen LogP contribution in [0, 0.1) is 0 Å². The Morgan fingerprint density at radius 3 is 2.44 bits per heavy atom. The minimum Gasteiger partial charge on any atom is -0.457 e.